The Morgan fingerprint density at radius 3 is 2.66 bits per heavy atom. The highest BCUT2D eigenvalue weighted by Crippen LogP contribution is 2.23. The zero-order valence-corrected chi connectivity index (χ0v) is 16.5. The van der Waals surface area contributed by atoms with Crippen LogP contribution in [0, 0.1) is 5.92 Å². The molecule has 7 heteroatoms. The van der Waals surface area contributed by atoms with Crippen LogP contribution < -0.4 is 5.32 Å². The fraction of sp³-hybridized carbons (Fsp3) is 0.455. The highest BCUT2D eigenvalue weighted by molar-refractivity contribution is 5.89. The van der Waals surface area contributed by atoms with E-state index in [1.807, 2.05) is 24.3 Å². The van der Waals surface area contributed by atoms with Crippen molar-refractivity contribution in [3.8, 4) is 0 Å². The van der Waals surface area contributed by atoms with Crippen LogP contribution in [0.3, 0.4) is 0 Å². The van der Waals surface area contributed by atoms with Gasteiger partial charge >= 0.3 is 0 Å². The molecule has 2 aromatic rings. The van der Waals surface area contributed by atoms with Gasteiger partial charge in [-0.2, -0.15) is 0 Å². The number of nitrogens with one attached hydrogen (secondary N) is 1. The molecular formula is C22H27N3O4. The van der Waals surface area contributed by atoms with Crippen LogP contribution in [0.4, 0.5) is 0 Å². The van der Waals surface area contributed by atoms with Crippen LogP contribution in [0.25, 0.3) is 0 Å². The quantitative estimate of drug-likeness (QED) is 0.771. The molecule has 1 aromatic heterocycles. The number of hydrogen-bond donors (Lipinski definition) is 1. The third kappa shape index (κ3) is 4.86. The van der Waals surface area contributed by atoms with Gasteiger partial charge in [0, 0.05) is 32.6 Å². The van der Waals surface area contributed by atoms with Crippen molar-refractivity contribution in [1.82, 2.24) is 15.1 Å². The minimum Gasteiger partial charge on any atom is -0.467 e. The first-order chi connectivity index (χ1) is 14.2. The molecule has 1 aromatic carbocycles. The molecule has 2 aliphatic rings. The monoisotopic (exact) mass is 397 g/mol. The van der Waals surface area contributed by atoms with Gasteiger partial charge in [-0.15, -0.1) is 0 Å². The van der Waals surface area contributed by atoms with E-state index in [4.69, 9.17) is 9.15 Å². The topological polar surface area (TPSA) is 75.0 Å². The summed E-state index contributed by atoms with van der Waals surface area (Å²) in [5.74, 6) is 0.346. The van der Waals surface area contributed by atoms with Gasteiger partial charge in [0.25, 0.3) is 0 Å². The average Bonchev–Trinajstić information content (AvgIpc) is 3.40. The Morgan fingerprint density at radius 2 is 1.93 bits per heavy atom. The molecule has 2 fully saturated rings. The summed E-state index contributed by atoms with van der Waals surface area (Å²) < 4.78 is 10.8. The first-order valence-electron chi connectivity index (χ1n) is 10.2. The SMILES string of the molecule is O=C(NCC(c1ccccc1)N1CCOCC1)C1CC(=O)N(Cc2ccco2)C1. The smallest absolute Gasteiger partial charge is 0.225 e. The summed E-state index contributed by atoms with van der Waals surface area (Å²) in [6.45, 7) is 4.45. The Hall–Kier alpha value is -2.64. The van der Waals surface area contributed by atoms with E-state index in [2.05, 4.69) is 22.3 Å². The van der Waals surface area contributed by atoms with Crippen molar-refractivity contribution in [2.24, 2.45) is 5.92 Å². The van der Waals surface area contributed by atoms with Crippen molar-refractivity contribution in [2.75, 3.05) is 39.4 Å². The van der Waals surface area contributed by atoms with Crippen molar-refractivity contribution in [3.05, 3.63) is 60.1 Å². The number of nitrogens with zero attached hydrogens (tertiary/aromatic N) is 2. The molecule has 2 saturated heterocycles. The van der Waals surface area contributed by atoms with Gasteiger partial charge in [0.15, 0.2) is 0 Å². The van der Waals surface area contributed by atoms with E-state index >= 15 is 0 Å². The largest absolute Gasteiger partial charge is 0.467 e. The number of likely N-dealkylation sites (tertiary alicyclic amines) is 1. The van der Waals surface area contributed by atoms with Gasteiger partial charge < -0.3 is 19.4 Å². The van der Waals surface area contributed by atoms with Crippen molar-refractivity contribution in [1.29, 1.82) is 0 Å². The first-order valence-corrected chi connectivity index (χ1v) is 10.2. The molecule has 2 unspecified atom stereocenters. The number of carbonyl (C=O) groups excluding carboxylic acids is 2. The lowest BCUT2D eigenvalue weighted by Gasteiger charge is -2.35. The maximum absolute atomic E-state index is 12.8. The Morgan fingerprint density at radius 1 is 1.14 bits per heavy atom. The summed E-state index contributed by atoms with van der Waals surface area (Å²) >= 11 is 0. The number of hydrogen-bond acceptors (Lipinski definition) is 5. The predicted octanol–water partition coefficient (Wildman–Crippen LogP) is 1.82. The molecule has 2 amide bonds. The van der Waals surface area contributed by atoms with Gasteiger partial charge in [0.1, 0.15) is 5.76 Å². The van der Waals surface area contributed by atoms with Crippen LogP contribution in [0.15, 0.2) is 53.1 Å². The summed E-state index contributed by atoms with van der Waals surface area (Å²) in [5, 5.41) is 3.10. The number of benzene rings is 1. The fourth-order valence-electron chi connectivity index (χ4n) is 4.05. The third-order valence-corrected chi connectivity index (χ3v) is 5.65. The van der Waals surface area contributed by atoms with E-state index in [0.717, 1.165) is 18.8 Å². The van der Waals surface area contributed by atoms with E-state index in [0.29, 0.717) is 32.8 Å². The molecule has 0 radical (unpaired) electrons. The Labute approximate surface area is 170 Å². The summed E-state index contributed by atoms with van der Waals surface area (Å²) in [6.07, 6.45) is 1.84. The summed E-state index contributed by atoms with van der Waals surface area (Å²) in [4.78, 5) is 29.1. The Bertz CT molecular complexity index is 803. The molecule has 29 heavy (non-hydrogen) atoms. The summed E-state index contributed by atoms with van der Waals surface area (Å²) in [7, 11) is 0. The standard InChI is InChI=1S/C22H27N3O4/c26-21-13-18(15-25(21)16-19-7-4-10-29-19)22(27)23-14-20(17-5-2-1-3-6-17)24-8-11-28-12-9-24/h1-7,10,18,20H,8-9,11-16H2,(H,23,27). The van der Waals surface area contributed by atoms with Gasteiger partial charge in [0.2, 0.25) is 11.8 Å². The molecule has 3 heterocycles. The van der Waals surface area contributed by atoms with Crippen LogP contribution in [0.2, 0.25) is 0 Å². The molecule has 0 spiro atoms. The molecular weight excluding hydrogens is 370 g/mol. The highest BCUT2D eigenvalue weighted by Gasteiger charge is 2.35. The number of rotatable bonds is 7. The highest BCUT2D eigenvalue weighted by atomic mass is 16.5. The van der Waals surface area contributed by atoms with E-state index in [9.17, 15) is 9.59 Å². The molecule has 2 aliphatic heterocycles. The summed E-state index contributed by atoms with van der Waals surface area (Å²) in [6, 6.07) is 14.0. The molecule has 4 rings (SSSR count). The number of morpholine rings is 1. The maximum Gasteiger partial charge on any atom is 0.225 e. The zero-order valence-electron chi connectivity index (χ0n) is 16.5. The average molecular weight is 397 g/mol. The maximum atomic E-state index is 12.8. The van der Waals surface area contributed by atoms with Gasteiger partial charge in [-0.1, -0.05) is 30.3 Å². The fourth-order valence-corrected chi connectivity index (χ4v) is 4.05. The number of carbonyl (C=O) groups is 2. The van der Waals surface area contributed by atoms with E-state index in [-0.39, 0.29) is 30.2 Å². The second-order valence-electron chi connectivity index (χ2n) is 7.57. The van der Waals surface area contributed by atoms with Crippen LogP contribution in [-0.4, -0.2) is 61.0 Å². The number of amides is 2. The molecule has 7 nitrogen and oxygen atoms in total. The minimum atomic E-state index is -0.321. The third-order valence-electron chi connectivity index (χ3n) is 5.65. The van der Waals surface area contributed by atoms with Crippen LogP contribution in [0.1, 0.15) is 23.8 Å². The lowest BCUT2D eigenvalue weighted by atomic mass is 10.0. The molecule has 154 valence electrons. The molecule has 0 bridgehead atoms. The number of ether oxygens (including phenoxy) is 1. The van der Waals surface area contributed by atoms with Gasteiger partial charge in [-0.05, 0) is 17.7 Å². The minimum absolute atomic E-state index is 0.00524. The summed E-state index contributed by atoms with van der Waals surface area (Å²) in [5.41, 5.74) is 1.18. The van der Waals surface area contributed by atoms with Crippen molar-refractivity contribution >= 4 is 11.8 Å². The van der Waals surface area contributed by atoms with Crippen LogP contribution in [-0.2, 0) is 20.9 Å². The van der Waals surface area contributed by atoms with E-state index < -0.39 is 0 Å². The first kappa shape index (κ1) is 19.7. The lowest BCUT2D eigenvalue weighted by molar-refractivity contribution is -0.129. The lowest BCUT2D eigenvalue weighted by Crippen LogP contribution is -2.45. The van der Waals surface area contributed by atoms with E-state index in [1.165, 1.54) is 5.56 Å². The van der Waals surface area contributed by atoms with Gasteiger partial charge in [-0.25, -0.2) is 0 Å². The van der Waals surface area contributed by atoms with Gasteiger partial charge in [0.05, 0.1) is 38.0 Å². The van der Waals surface area contributed by atoms with Gasteiger partial charge in [-0.3, -0.25) is 14.5 Å². The van der Waals surface area contributed by atoms with E-state index in [1.54, 1.807) is 17.2 Å². The van der Waals surface area contributed by atoms with Crippen LogP contribution in [0.5, 0.6) is 0 Å². The molecule has 2 atom stereocenters. The Balaban J connectivity index is 1.36. The molecule has 0 saturated carbocycles. The molecule has 1 N–H and O–H groups in total. The van der Waals surface area contributed by atoms with Crippen molar-refractivity contribution < 1.29 is 18.7 Å². The predicted molar refractivity (Wildman–Crippen MR) is 107 cm³/mol. The normalized spacial score (nSPS) is 21.3. The van der Waals surface area contributed by atoms with Crippen molar-refractivity contribution in [2.45, 2.75) is 19.0 Å². The van der Waals surface area contributed by atoms with Crippen molar-refractivity contribution in [3.63, 3.8) is 0 Å². The van der Waals surface area contributed by atoms with Crippen LogP contribution >= 0.6 is 0 Å². The Kier molecular flexibility index (Phi) is 6.27. The molecule has 0 aliphatic carbocycles. The second-order valence-corrected chi connectivity index (χ2v) is 7.57. The zero-order chi connectivity index (χ0) is 20.1. The number of furan rings is 1. The second kappa shape index (κ2) is 9.24.